The number of hydrogen-bond donors (Lipinski definition) is 1. The van der Waals surface area contributed by atoms with E-state index in [1.54, 1.807) is 0 Å². The van der Waals surface area contributed by atoms with Crippen LogP contribution in [0.1, 0.15) is 65.7 Å². The molecule has 18 heavy (non-hydrogen) atoms. The maximum atomic E-state index is 3.76. The van der Waals surface area contributed by atoms with Gasteiger partial charge < -0.3 is 10.2 Å². The third kappa shape index (κ3) is 3.27. The first-order valence-corrected chi connectivity index (χ1v) is 8.12. The summed E-state index contributed by atoms with van der Waals surface area (Å²) in [5, 5.41) is 3.76. The van der Waals surface area contributed by atoms with Crippen LogP contribution in [0.4, 0.5) is 0 Å². The van der Waals surface area contributed by atoms with Gasteiger partial charge in [0, 0.05) is 24.2 Å². The van der Waals surface area contributed by atoms with Crippen LogP contribution in [-0.4, -0.2) is 36.1 Å². The van der Waals surface area contributed by atoms with E-state index in [2.05, 4.69) is 38.0 Å². The topological polar surface area (TPSA) is 15.3 Å². The van der Waals surface area contributed by atoms with Gasteiger partial charge in [0.1, 0.15) is 0 Å². The third-order valence-corrected chi connectivity index (χ3v) is 5.44. The average molecular weight is 252 g/mol. The predicted molar refractivity (Wildman–Crippen MR) is 78.9 cm³/mol. The molecule has 2 bridgehead atoms. The molecule has 2 aliphatic heterocycles. The number of piperidine rings is 1. The van der Waals surface area contributed by atoms with Crippen molar-refractivity contribution in [2.45, 2.75) is 89.9 Å². The van der Waals surface area contributed by atoms with Gasteiger partial charge in [-0.25, -0.2) is 0 Å². The minimum Gasteiger partial charge on any atom is -0.311 e. The minimum atomic E-state index is 0.794. The summed E-state index contributed by atoms with van der Waals surface area (Å²) in [6.45, 7) is 7.09. The van der Waals surface area contributed by atoms with Crippen molar-refractivity contribution in [1.29, 1.82) is 0 Å². The summed E-state index contributed by atoms with van der Waals surface area (Å²) in [6, 6.07) is 3.26. The van der Waals surface area contributed by atoms with E-state index < -0.39 is 0 Å². The van der Waals surface area contributed by atoms with Crippen LogP contribution < -0.4 is 5.32 Å². The van der Waals surface area contributed by atoms with Crippen LogP contribution in [0, 0.1) is 5.92 Å². The first kappa shape index (κ1) is 14.3. The van der Waals surface area contributed by atoms with Gasteiger partial charge in [0.2, 0.25) is 0 Å². The van der Waals surface area contributed by atoms with Crippen LogP contribution >= 0.6 is 0 Å². The lowest BCUT2D eigenvalue weighted by Crippen LogP contribution is -2.50. The molecule has 0 aliphatic carbocycles. The van der Waals surface area contributed by atoms with E-state index in [-0.39, 0.29) is 0 Å². The molecule has 4 atom stereocenters. The second-order valence-corrected chi connectivity index (χ2v) is 6.74. The van der Waals surface area contributed by atoms with Gasteiger partial charge in [-0.05, 0) is 51.5 Å². The fraction of sp³-hybridized carbons (Fsp3) is 1.00. The molecule has 0 spiro atoms. The molecule has 0 saturated carbocycles. The Balaban J connectivity index is 1.90. The number of nitrogens with one attached hydrogen (secondary N) is 1. The molecule has 4 unspecified atom stereocenters. The van der Waals surface area contributed by atoms with Gasteiger partial charge in [0.25, 0.3) is 0 Å². The SMILES string of the molecule is CCC(C)CC(CC)N(C)C1CC2CCC(C1)N2. The molecule has 106 valence electrons. The lowest BCUT2D eigenvalue weighted by molar-refractivity contribution is 0.106. The van der Waals surface area contributed by atoms with Crippen LogP contribution in [0.15, 0.2) is 0 Å². The van der Waals surface area contributed by atoms with Gasteiger partial charge >= 0.3 is 0 Å². The van der Waals surface area contributed by atoms with Crippen molar-refractivity contribution in [3.05, 3.63) is 0 Å². The van der Waals surface area contributed by atoms with E-state index in [1.807, 2.05) is 0 Å². The smallest absolute Gasteiger partial charge is 0.0125 e. The van der Waals surface area contributed by atoms with Gasteiger partial charge in [-0.2, -0.15) is 0 Å². The molecule has 0 aromatic rings. The van der Waals surface area contributed by atoms with E-state index in [1.165, 1.54) is 44.9 Å². The molecule has 0 aromatic heterocycles. The maximum absolute atomic E-state index is 3.76. The van der Waals surface area contributed by atoms with Gasteiger partial charge in [0.15, 0.2) is 0 Å². The molecule has 2 aliphatic rings. The summed E-state index contributed by atoms with van der Waals surface area (Å²) < 4.78 is 0. The van der Waals surface area contributed by atoms with E-state index in [4.69, 9.17) is 0 Å². The normalized spacial score (nSPS) is 34.8. The highest BCUT2D eigenvalue weighted by atomic mass is 15.2. The Labute approximate surface area is 114 Å². The molecule has 0 amide bonds. The highest BCUT2D eigenvalue weighted by Gasteiger charge is 2.36. The van der Waals surface area contributed by atoms with Crippen molar-refractivity contribution in [3.8, 4) is 0 Å². The fourth-order valence-corrected chi connectivity index (χ4v) is 3.91. The van der Waals surface area contributed by atoms with E-state index in [0.717, 1.165) is 30.1 Å². The zero-order chi connectivity index (χ0) is 13.1. The Kier molecular flexibility index (Phi) is 5.08. The van der Waals surface area contributed by atoms with Crippen molar-refractivity contribution >= 4 is 0 Å². The molecule has 2 rings (SSSR count). The Bertz CT molecular complexity index is 241. The highest BCUT2D eigenvalue weighted by Crippen LogP contribution is 2.31. The van der Waals surface area contributed by atoms with Gasteiger partial charge in [-0.15, -0.1) is 0 Å². The molecule has 0 radical (unpaired) electrons. The lowest BCUT2D eigenvalue weighted by Gasteiger charge is -2.40. The molecule has 1 N–H and O–H groups in total. The lowest BCUT2D eigenvalue weighted by atomic mass is 9.92. The zero-order valence-corrected chi connectivity index (χ0v) is 12.8. The number of hydrogen-bond acceptors (Lipinski definition) is 2. The zero-order valence-electron chi connectivity index (χ0n) is 12.8. The second kappa shape index (κ2) is 6.38. The minimum absolute atomic E-state index is 0.794. The Morgan fingerprint density at radius 3 is 2.22 bits per heavy atom. The van der Waals surface area contributed by atoms with E-state index in [0.29, 0.717) is 0 Å². The van der Waals surface area contributed by atoms with Crippen LogP contribution in [0.5, 0.6) is 0 Å². The van der Waals surface area contributed by atoms with Crippen molar-refractivity contribution in [2.24, 2.45) is 5.92 Å². The quantitative estimate of drug-likeness (QED) is 0.779. The van der Waals surface area contributed by atoms with Crippen LogP contribution in [0.3, 0.4) is 0 Å². The van der Waals surface area contributed by atoms with Crippen molar-refractivity contribution in [3.63, 3.8) is 0 Å². The molecule has 2 saturated heterocycles. The van der Waals surface area contributed by atoms with E-state index >= 15 is 0 Å². The van der Waals surface area contributed by atoms with Gasteiger partial charge in [-0.3, -0.25) is 0 Å². The standard InChI is InChI=1S/C16H32N2/c1-5-12(3)9-15(6-2)18(4)16-10-13-7-8-14(11-16)17-13/h12-17H,5-11H2,1-4H3. The maximum Gasteiger partial charge on any atom is 0.0125 e. The molecule has 2 heteroatoms. The monoisotopic (exact) mass is 252 g/mol. The van der Waals surface area contributed by atoms with Crippen LogP contribution in [-0.2, 0) is 0 Å². The fourth-order valence-electron chi connectivity index (χ4n) is 3.91. The molecule has 2 nitrogen and oxygen atoms in total. The first-order valence-electron chi connectivity index (χ1n) is 8.12. The van der Waals surface area contributed by atoms with Gasteiger partial charge in [0.05, 0.1) is 0 Å². The predicted octanol–water partition coefficient (Wildman–Crippen LogP) is 3.42. The second-order valence-electron chi connectivity index (χ2n) is 6.74. The third-order valence-electron chi connectivity index (χ3n) is 5.44. The summed E-state index contributed by atoms with van der Waals surface area (Å²) in [4.78, 5) is 2.72. The summed E-state index contributed by atoms with van der Waals surface area (Å²) in [5.74, 6) is 0.871. The van der Waals surface area contributed by atoms with Crippen molar-refractivity contribution in [1.82, 2.24) is 10.2 Å². The van der Waals surface area contributed by atoms with Crippen LogP contribution in [0.25, 0.3) is 0 Å². The van der Waals surface area contributed by atoms with Crippen LogP contribution in [0.2, 0.25) is 0 Å². The molecule has 0 aromatic carbocycles. The molecular weight excluding hydrogens is 220 g/mol. The number of nitrogens with zero attached hydrogens (tertiary/aromatic N) is 1. The number of fused-ring (bicyclic) bond motifs is 2. The van der Waals surface area contributed by atoms with Gasteiger partial charge in [-0.1, -0.05) is 27.2 Å². The summed E-state index contributed by atoms with van der Waals surface area (Å²) in [6.07, 6.45) is 9.59. The Hall–Kier alpha value is -0.0800. The summed E-state index contributed by atoms with van der Waals surface area (Å²) in [7, 11) is 2.38. The highest BCUT2D eigenvalue weighted by molar-refractivity contribution is 4.96. The van der Waals surface area contributed by atoms with Crippen molar-refractivity contribution < 1.29 is 0 Å². The number of rotatable bonds is 6. The Morgan fingerprint density at radius 1 is 1.11 bits per heavy atom. The largest absolute Gasteiger partial charge is 0.311 e. The van der Waals surface area contributed by atoms with E-state index in [9.17, 15) is 0 Å². The first-order chi connectivity index (χ1) is 8.63. The summed E-state index contributed by atoms with van der Waals surface area (Å²) in [5.41, 5.74) is 0. The molecule has 2 heterocycles. The average Bonchev–Trinajstić information content (AvgIpc) is 2.73. The Morgan fingerprint density at radius 2 is 1.72 bits per heavy atom. The summed E-state index contributed by atoms with van der Waals surface area (Å²) >= 11 is 0. The molecule has 2 fully saturated rings. The van der Waals surface area contributed by atoms with Crippen molar-refractivity contribution in [2.75, 3.05) is 7.05 Å². The molecular formula is C16H32N2.